The molecule has 2 heterocycles. The largest absolute Gasteiger partial charge is 0.208 e. The van der Waals surface area contributed by atoms with Gasteiger partial charge in [0.2, 0.25) is 0 Å². The van der Waals surface area contributed by atoms with E-state index in [1.54, 1.807) is 47.4 Å². The molecule has 0 aromatic rings. The number of rotatable bonds is 0. The summed E-state index contributed by atoms with van der Waals surface area (Å²) in [5, 5.41) is 2.27. The monoisotopic (exact) mass is 234 g/mol. The van der Waals surface area contributed by atoms with Crippen LogP contribution in [0, 0.1) is 0 Å². The summed E-state index contributed by atoms with van der Waals surface area (Å²) in [6.45, 7) is 4.06. The Balaban J connectivity index is 2.11. The molecule has 0 saturated heterocycles. The lowest BCUT2D eigenvalue weighted by molar-refractivity contribution is 1.87. The molecule has 0 aromatic carbocycles. The van der Waals surface area contributed by atoms with Gasteiger partial charge in [0.05, 0.1) is 18.6 Å². The van der Waals surface area contributed by atoms with Crippen LogP contribution in [0.5, 0.6) is 0 Å². The first kappa shape index (κ1) is 9.05. The summed E-state index contributed by atoms with van der Waals surface area (Å²) >= 11 is 6.62. The average Bonchev–Trinajstić information content (AvgIpc) is 2.58. The lowest BCUT2D eigenvalue weighted by Gasteiger charge is -1.95. The standard InChI is InChI=1S/C6H6N2S4/c1-3-7-11-5(9-3)6-10-4(2)8-12-6/h1-2H3/b6-5-. The first-order chi connectivity index (χ1) is 5.75. The highest BCUT2D eigenvalue weighted by Crippen LogP contribution is 2.50. The van der Waals surface area contributed by atoms with Gasteiger partial charge in [0.1, 0.15) is 0 Å². The molecule has 0 aliphatic carbocycles. The van der Waals surface area contributed by atoms with Crippen LogP contribution in [0.4, 0.5) is 0 Å². The fraction of sp³-hybridized carbons (Fsp3) is 0.333. The normalized spacial score (nSPS) is 29.2. The predicted octanol–water partition coefficient (Wildman–Crippen LogP) is 3.74. The molecule has 0 amide bonds. The maximum Gasteiger partial charge on any atom is 0.0916 e. The Morgan fingerprint density at radius 3 is 1.50 bits per heavy atom. The van der Waals surface area contributed by atoms with Gasteiger partial charge < -0.3 is 0 Å². The molecular formula is C6H6N2S4. The number of hydrogen-bond acceptors (Lipinski definition) is 6. The highest BCUT2D eigenvalue weighted by Gasteiger charge is 2.20. The molecule has 0 radical (unpaired) electrons. The van der Waals surface area contributed by atoms with E-state index < -0.39 is 0 Å². The predicted molar refractivity (Wildman–Crippen MR) is 63.6 cm³/mol. The van der Waals surface area contributed by atoms with E-state index >= 15 is 0 Å². The topological polar surface area (TPSA) is 24.7 Å². The third kappa shape index (κ3) is 1.86. The minimum absolute atomic E-state index is 1.13. The molecule has 2 nitrogen and oxygen atoms in total. The van der Waals surface area contributed by atoms with Crippen molar-refractivity contribution < 1.29 is 0 Å². The Morgan fingerprint density at radius 1 is 0.833 bits per heavy atom. The maximum atomic E-state index is 4.25. The van der Waals surface area contributed by atoms with Gasteiger partial charge in [-0.2, -0.15) is 0 Å². The van der Waals surface area contributed by atoms with Crippen LogP contribution in [-0.4, -0.2) is 10.1 Å². The molecule has 0 unspecified atom stereocenters. The van der Waals surface area contributed by atoms with Crippen molar-refractivity contribution in [2.75, 3.05) is 0 Å². The van der Waals surface area contributed by atoms with Gasteiger partial charge in [0.25, 0.3) is 0 Å². The van der Waals surface area contributed by atoms with Gasteiger partial charge in [-0.15, -0.1) is 0 Å². The smallest absolute Gasteiger partial charge is 0.0916 e. The fourth-order valence-corrected chi connectivity index (χ4v) is 4.70. The van der Waals surface area contributed by atoms with Gasteiger partial charge in [0, 0.05) is 23.9 Å². The molecule has 2 aliphatic heterocycles. The Kier molecular flexibility index (Phi) is 2.78. The van der Waals surface area contributed by atoms with Crippen LogP contribution in [0.2, 0.25) is 0 Å². The number of nitrogens with zero attached hydrogens (tertiary/aromatic N) is 2. The van der Waals surface area contributed by atoms with Crippen molar-refractivity contribution in [1.29, 1.82) is 0 Å². The Morgan fingerprint density at radius 2 is 1.25 bits per heavy atom. The minimum atomic E-state index is 1.13. The lowest BCUT2D eigenvalue weighted by Crippen LogP contribution is -1.75. The van der Waals surface area contributed by atoms with Gasteiger partial charge in [-0.25, -0.2) is 8.80 Å². The molecule has 0 aromatic heterocycles. The second-order valence-electron chi connectivity index (χ2n) is 2.18. The average molecular weight is 234 g/mol. The molecule has 2 aliphatic rings. The van der Waals surface area contributed by atoms with Gasteiger partial charge in [0.15, 0.2) is 0 Å². The van der Waals surface area contributed by atoms with Crippen molar-refractivity contribution >= 4 is 57.5 Å². The second kappa shape index (κ2) is 3.69. The highest BCUT2D eigenvalue weighted by atomic mass is 32.2. The van der Waals surface area contributed by atoms with Crippen LogP contribution < -0.4 is 0 Å². The first-order valence-corrected chi connectivity index (χ1v) is 6.47. The van der Waals surface area contributed by atoms with Crippen LogP contribution in [0.1, 0.15) is 13.8 Å². The third-order valence-electron chi connectivity index (χ3n) is 1.16. The van der Waals surface area contributed by atoms with E-state index in [2.05, 4.69) is 8.80 Å². The molecule has 0 bridgehead atoms. The van der Waals surface area contributed by atoms with Crippen LogP contribution in [0.25, 0.3) is 0 Å². The zero-order valence-electron chi connectivity index (χ0n) is 6.53. The van der Waals surface area contributed by atoms with Gasteiger partial charge in [-0.1, -0.05) is 23.5 Å². The molecule has 0 fully saturated rings. The summed E-state index contributed by atoms with van der Waals surface area (Å²) in [4.78, 5) is 0. The van der Waals surface area contributed by atoms with Crippen LogP contribution >= 0.6 is 47.4 Å². The van der Waals surface area contributed by atoms with Crippen LogP contribution in [-0.2, 0) is 0 Å². The molecule has 6 heteroatoms. The van der Waals surface area contributed by atoms with Crippen molar-refractivity contribution in [3.05, 3.63) is 8.47 Å². The summed E-state index contributed by atoms with van der Waals surface area (Å²) in [6, 6.07) is 0. The van der Waals surface area contributed by atoms with Crippen LogP contribution in [0.15, 0.2) is 17.3 Å². The molecule has 64 valence electrons. The van der Waals surface area contributed by atoms with E-state index in [-0.39, 0.29) is 0 Å². The van der Waals surface area contributed by atoms with Crippen molar-refractivity contribution in [2.45, 2.75) is 13.8 Å². The van der Waals surface area contributed by atoms with Crippen molar-refractivity contribution in [3.63, 3.8) is 0 Å². The Bertz CT molecular complexity index is 275. The van der Waals surface area contributed by atoms with E-state index in [0.717, 1.165) is 10.1 Å². The lowest BCUT2D eigenvalue weighted by atomic mass is 10.9. The van der Waals surface area contributed by atoms with E-state index in [0.29, 0.717) is 0 Å². The number of hydrogen-bond donors (Lipinski definition) is 0. The fourth-order valence-electron chi connectivity index (χ4n) is 0.712. The molecule has 0 N–H and O–H groups in total. The highest BCUT2D eigenvalue weighted by molar-refractivity contribution is 8.37. The molecule has 0 saturated carbocycles. The van der Waals surface area contributed by atoms with Crippen molar-refractivity contribution in [3.8, 4) is 0 Å². The van der Waals surface area contributed by atoms with E-state index in [4.69, 9.17) is 0 Å². The molecule has 0 spiro atoms. The summed E-state index contributed by atoms with van der Waals surface area (Å²) in [6.07, 6.45) is 0. The summed E-state index contributed by atoms with van der Waals surface area (Å²) in [5.74, 6) is 0. The Hall–Kier alpha value is 0.480. The zero-order valence-corrected chi connectivity index (χ0v) is 9.79. The van der Waals surface area contributed by atoms with E-state index in [1.165, 1.54) is 8.47 Å². The van der Waals surface area contributed by atoms with E-state index in [9.17, 15) is 0 Å². The van der Waals surface area contributed by atoms with Crippen LogP contribution in [0.3, 0.4) is 0 Å². The van der Waals surface area contributed by atoms with Gasteiger partial charge >= 0.3 is 0 Å². The molecule has 2 rings (SSSR count). The summed E-state index contributed by atoms with van der Waals surface area (Å²) in [5.41, 5.74) is 0. The SMILES string of the molecule is CC1=NS/C(=C2\SN=C(C)S2)S1. The Labute approximate surface area is 88.4 Å². The minimum Gasteiger partial charge on any atom is -0.208 e. The summed E-state index contributed by atoms with van der Waals surface area (Å²) in [7, 11) is 0. The first-order valence-electron chi connectivity index (χ1n) is 3.29. The maximum absolute atomic E-state index is 4.25. The van der Waals surface area contributed by atoms with Gasteiger partial charge in [-0.05, 0) is 13.8 Å². The molecular weight excluding hydrogens is 228 g/mol. The number of thioether (sulfide) groups is 2. The quantitative estimate of drug-likeness (QED) is 0.596. The van der Waals surface area contributed by atoms with Gasteiger partial charge in [-0.3, -0.25) is 0 Å². The third-order valence-corrected chi connectivity index (χ3v) is 5.88. The van der Waals surface area contributed by atoms with E-state index in [1.807, 2.05) is 13.8 Å². The van der Waals surface area contributed by atoms with Crippen molar-refractivity contribution in [1.82, 2.24) is 0 Å². The molecule has 12 heavy (non-hydrogen) atoms. The van der Waals surface area contributed by atoms with Crippen molar-refractivity contribution in [2.24, 2.45) is 8.80 Å². The zero-order chi connectivity index (χ0) is 8.55. The summed E-state index contributed by atoms with van der Waals surface area (Å²) < 4.78 is 11.1. The molecule has 0 atom stereocenters. The second-order valence-corrected chi connectivity index (χ2v) is 6.65.